The lowest BCUT2D eigenvalue weighted by Gasteiger charge is -2.42. The summed E-state index contributed by atoms with van der Waals surface area (Å²) in [5.74, 6) is -0.873. The Kier molecular flexibility index (Phi) is 10.6. The number of esters is 1. The third-order valence-electron chi connectivity index (χ3n) is 9.21. The van der Waals surface area contributed by atoms with Gasteiger partial charge in [-0.3, -0.25) is 4.79 Å². The molecule has 0 spiro atoms. The highest BCUT2D eigenvalue weighted by molar-refractivity contribution is 6.74. The van der Waals surface area contributed by atoms with Gasteiger partial charge in [0.15, 0.2) is 8.32 Å². The van der Waals surface area contributed by atoms with Crippen molar-refractivity contribution in [3.63, 3.8) is 0 Å². The molecule has 258 valence electrons. The molecule has 0 aliphatic carbocycles. The molecule has 2 aromatic heterocycles. The number of benzene rings is 2. The summed E-state index contributed by atoms with van der Waals surface area (Å²) in [7, 11) is -2.19. The van der Waals surface area contributed by atoms with E-state index in [0.29, 0.717) is 25.1 Å². The van der Waals surface area contributed by atoms with Gasteiger partial charge < -0.3 is 23.1 Å². The fraction of sp³-hybridized carbons (Fsp3) is 0.486. The lowest BCUT2D eigenvalue weighted by molar-refractivity contribution is -0.144. The van der Waals surface area contributed by atoms with Crippen molar-refractivity contribution < 1.29 is 36.2 Å². The third kappa shape index (κ3) is 8.24. The van der Waals surface area contributed by atoms with Gasteiger partial charge in [0, 0.05) is 30.6 Å². The van der Waals surface area contributed by atoms with Gasteiger partial charge in [-0.25, -0.2) is 0 Å². The van der Waals surface area contributed by atoms with Crippen LogP contribution in [-0.4, -0.2) is 60.7 Å². The summed E-state index contributed by atoms with van der Waals surface area (Å²) in [5.41, 5.74) is 0.345. The summed E-state index contributed by atoms with van der Waals surface area (Å²) in [6, 6.07) is 15.5. The Morgan fingerprint density at radius 3 is 2.38 bits per heavy atom. The number of ether oxygens (including phenoxy) is 1. The molecule has 0 bridgehead atoms. The second-order valence-electron chi connectivity index (χ2n) is 13.8. The Hall–Kier alpha value is -3.81. The van der Waals surface area contributed by atoms with Crippen LogP contribution < -0.4 is 0 Å². The second-order valence-corrected chi connectivity index (χ2v) is 18.5. The third-order valence-corrected chi connectivity index (χ3v) is 13.7. The molecule has 48 heavy (non-hydrogen) atoms. The summed E-state index contributed by atoms with van der Waals surface area (Å²) in [4.78, 5) is 18.8. The first-order valence-electron chi connectivity index (χ1n) is 16.3. The van der Waals surface area contributed by atoms with Crippen LogP contribution in [0.15, 0.2) is 63.6 Å². The lowest BCUT2D eigenvalue weighted by atomic mass is 9.94. The monoisotopic (exact) mass is 684 g/mol. The van der Waals surface area contributed by atoms with Crippen molar-refractivity contribution >= 4 is 14.3 Å². The summed E-state index contributed by atoms with van der Waals surface area (Å²) >= 11 is 0. The molecular formula is C35H43F3N4O5Si. The van der Waals surface area contributed by atoms with E-state index >= 15 is 0 Å². The fourth-order valence-corrected chi connectivity index (χ4v) is 6.96. The Morgan fingerprint density at radius 2 is 1.73 bits per heavy atom. The highest BCUT2D eigenvalue weighted by Gasteiger charge is 2.43. The van der Waals surface area contributed by atoms with Gasteiger partial charge in [0.05, 0.1) is 12.7 Å². The molecule has 0 unspecified atom stereocenters. The average Bonchev–Trinajstić information content (AvgIpc) is 3.69. The number of aromatic nitrogens is 3. The quantitative estimate of drug-likeness (QED) is 0.113. The summed E-state index contributed by atoms with van der Waals surface area (Å²) in [6.07, 6.45) is -2.63. The van der Waals surface area contributed by atoms with Gasteiger partial charge in [0.1, 0.15) is 11.3 Å². The Morgan fingerprint density at radius 1 is 1.02 bits per heavy atom. The highest BCUT2D eigenvalue weighted by atomic mass is 28.4. The molecular weight excluding hydrogens is 641 g/mol. The number of alkyl halides is 3. The first-order chi connectivity index (χ1) is 22.7. The van der Waals surface area contributed by atoms with E-state index < -0.39 is 31.7 Å². The maximum absolute atomic E-state index is 14.2. The van der Waals surface area contributed by atoms with Crippen LogP contribution in [0.2, 0.25) is 18.1 Å². The summed E-state index contributed by atoms with van der Waals surface area (Å²) in [5, 5.41) is 7.65. The van der Waals surface area contributed by atoms with Gasteiger partial charge in [-0.15, -0.1) is 0 Å². The number of hydrogen-bond acceptors (Lipinski definition) is 9. The number of rotatable bonds is 11. The predicted octanol–water partition coefficient (Wildman–Crippen LogP) is 8.81. The second kappa shape index (κ2) is 14.3. The molecule has 13 heteroatoms. The normalized spacial score (nSPS) is 17.0. The Labute approximate surface area is 279 Å². The van der Waals surface area contributed by atoms with Crippen LogP contribution in [0.5, 0.6) is 0 Å². The molecule has 1 saturated heterocycles. The largest absolute Gasteiger partial charge is 0.466 e. The molecule has 1 aliphatic heterocycles. The smallest absolute Gasteiger partial charge is 0.422 e. The predicted molar refractivity (Wildman–Crippen MR) is 177 cm³/mol. The van der Waals surface area contributed by atoms with E-state index in [0.717, 1.165) is 31.5 Å². The van der Waals surface area contributed by atoms with Gasteiger partial charge in [-0.05, 0) is 55.9 Å². The van der Waals surface area contributed by atoms with Gasteiger partial charge in [-0.1, -0.05) is 85.7 Å². The van der Waals surface area contributed by atoms with Crippen LogP contribution in [0.4, 0.5) is 13.2 Å². The number of carbonyl (C=O) groups excluding carboxylic acids is 1. The van der Waals surface area contributed by atoms with E-state index in [1.165, 1.54) is 12.1 Å². The standard InChI is InChI=1S/C35H43F3N4O5Si/c1-7-44-28(43)20-23-12-11-19-42(21-23)22-27(47-48(5,6)34(2,3)4)24-15-17-26(18-16-24)32-39-33(46-41-32)31-29(35(36,37)38)30(40-45-31)25-13-9-8-10-14-25/h8-10,13-18,23,27H,7,11-12,19-22H2,1-6H3/t23-,27+/m1/s1. The van der Waals surface area contributed by atoms with Crippen LogP contribution in [0.3, 0.4) is 0 Å². The zero-order valence-electron chi connectivity index (χ0n) is 28.3. The number of piperidine rings is 1. The van der Waals surface area contributed by atoms with Gasteiger partial charge >= 0.3 is 12.1 Å². The average molecular weight is 685 g/mol. The first-order valence-corrected chi connectivity index (χ1v) is 19.2. The van der Waals surface area contributed by atoms with Crippen LogP contribution in [0.25, 0.3) is 34.3 Å². The number of likely N-dealkylation sites (tertiary alicyclic amines) is 1. The minimum atomic E-state index is -4.77. The number of hydrogen-bond donors (Lipinski definition) is 0. The zero-order chi connectivity index (χ0) is 34.7. The van der Waals surface area contributed by atoms with Crippen LogP contribution in [0.1, 0.15) is 64.2 Å². The molecule has 0 amide bonds. The molecule has 9 nitrogen and oxygen atoms in total. The maximum atomic E-state index is 14.2. The zero-order valence-corrected chi connectivity index (χ0v) is 29.3. The van der Waals surface area contributed by atoms with Crippen LogP contribution in [0, 0.1) is 5.92 Å². The van der Waals surface area contributed by atoms with E-state index in [1.807, 2.05) is 31.2 Å². The molecule has 4 aromatic rings. The molecule has 2 atom stereocenters. The SMILES string of the molecule is CCOC(=O)C[C@H]1CCCN(C[C@H](O[Si](C)(C)C(C)(C)C)c2ccc(-c3noc(-c4onc(-c5ccccc5)c4C(F)(F)F)n3)cc2)C1. The van der Waals surface area contributed by atoms with E-state index in [1.54, 1.807) is 18.2 Å². The van der Waals surface area contributed by atoms with Crippen LogP contribution >= 0.6 is 0 Å². The van der Waals surface area contributed by atoms with E-state index in [4.69, 9.17) is 18.2 Å². The van der Waals surface area contributed by atoms with Gasteiger partial charge in [0.25, 0.3) is 5.89 Å². The Bertz CT molecular complexity index is 1670. The minimum Gasteiger partial charge on any atom is -0.466 e. The van der Waals surface area contributed by atoms with Crippen molar-refractivity contribution in [1.82, 2.24) is 20.2 Å². The highest BCUT2D eigenvalue weighted by Crippen LogP contribution is 2.43. The Balaban J connectivity index is 1.38. The van der Waals surface area contributed by atoms with Crippen molar-refractivity contribution in [2.75, 3.05) is 26.2 Å². The van der Waals surface area contributed by atoms with Crippen molar-refractivity contribution in [2.24, 2.45) is 5.92 Å². The summed E-state index contributed by atoms with van der Waals surface area (Å²) < 4.78 is 65.2. The molecule has 3 heterocycles. The number of nitrogens with zero attached hydrogens (tertiary/aromatic N) is 4. The molecule has 0 radical (unpaired) electrons. The maximum Gasteiger partial charge on any atom is 0.422 e. The van der Waals surface area contributed by atoms with E-state index in [9.17, 15) is 18.0 Å². The molecule has 0 N–H and O–H groups in total. The van der Waals surface area contributed by atoms with Gasteiger partial charge in [-0.2, -0.15) is 18.2 Å². The van der Waals surface area contributed by atoms with Crippen molar-refractivity contribution in [2.45, 2.75) is 77.4 Å². The molecule has 1 aliphatic rings. The number of halogens is 3. The molecule has 0 saturated carbocycles. The summed E-state index contributed by atoms with van der Waals surface area (Å²) in [6.45, 7) is 15.6. The van der Waals surface area contributed by atoms with E-state index in [-0.39, 0.29) is 40.1 Å². The van der Waals surface area contributed by atoms with Crippen molar-refractivity contribution in [1.29, 1.82) is 0 Å². The van der Waals surface area contributed by atoms with Gasteiger partial charge in [0.2, 0.25) is 11.6 Å². The topological polar surface area (TPSA) is 104 Å². The first kappa shape index (κ1) is 35.5. The molecule has 2 aromatic carbocycles. The molecule has 1 fully saturated rings. The minimum absolute atomic E-state index is 0.0169. The van der Waals surface area contributed by atoms with E-state index in [2.05, 4.69) is 54.1 Å². The lowest BCUT2D eigenvalue weighted by Crippen LogP contribution is -2.45. The molecule has 5 rings (SSSR count). The van der Waals surface area contributed by atoms with Crippen molar-refractivity contribution in [3.8, 4) is 34.3 Å². The number of carbonyl (C=O) groups is 1. The van der Waals surface area contributed by atoms with Crippen molar-refractivity contribution in [3.05, 3.63) is 65.7 Å². The van der Waals surface area contributed by atoms with Crippen LogP contribution in [-0.2, 0) is 20.1 Å². The fourth-order valence-electron chi connectivity index (χ4n) is 5.69.